The van der Waals surface area contributed by atoms with E-state index in [-0.39, 0.29) is 6.61 Å². The Kier molecular flexibility index (Phi) is 19.5. The van der Waals surface area contributed by atoms with Crippen LogP contribution in [0.4, 0.5) is 0 Å². The smallest absolute Gasteiger partial charge is 0.191 e. The van der Waals surface area contributed by atoms with Crippen molar-refractivity contribution in [3.8, 4) is 0 Å². The Morgan fingerprint density at radius 2 is 1.11 bits per heavy atom. The molecule has 0 aliphatic rings. The van der Waals surface area contributed by atoms with Crippen molar-refractivity contribution in [2.75, 3.05) is 25.0 Å². The molecule has 0 bridgehead atoms. The van der Waals surface area contributed by atoms with Gasteiger partial charge in [0.25, 0.3) is 0 Å². The summed E-state index contributed by atoms with van der Waals surface area (Å²) in [6.45, 7) is 23.5. The minimum atomic E-state index is -1.50. The maximum atomic E-state index is 8.14. The summed E-state index contributed by atoms with van der Waals surface area (Å²) in [5.41, 5.74) is 0. The number of hydrogen-bond acceptors (Lipinski definition) is 2. The van der Waals surface area contributed by atoms with Crippen LogP contribution in [0.15, 0.2) is 0 Å². The van der Waals surface area contributed by atoms with Crippen molar-refractivity contribution in [2.24, 2.45) is 0 Å². The molecule has 7 heteroatoms. The highest BCUT2D eigenvalue weighted by molar-refractivity contribution is 7.20. The summed E-state index contributed by atoms with van der Waals surface area (Å²) in [6.07, 6.45) is 3.92. The summed E-state index contributed by atoms with van der Waals surface area (Å²) in [4.78, 5) is 0. The van der Waals surface area contributed by atoms with Gasteiger partial charge in [-0.05, 0) is 48.9 Å². The summed E-state index contributed by atoms with van der Waals surface area (Å²) < 4.78 is 5.98. The topological polar surface area (TPSA) is 29.5 Å². The van der Waals surface area contributed by atoms with Gasteiger partial charge < -0.3 is 9.53 Å². The number of aliphatic hydroxyl groups is 1. The van der Waals surface area contributed by atoms with E-state index in [1.807, 2.05) is 0 Å². The minimum Gasteiger partial charge on any atom is -0.417 e. The van der Waals surface area contributed by atoms with Crippen LogP contribution in [0.2, 0.25) is 36.3 Å². The molecule has 0 aliphatic heterocycles. The van der Waals surface area contributed by atoms with Gasteiger partial charge in [-0.25, -0.2) is 0 Å². The van der Waals surface area contributed by atoms with E-state index in [1.165, 1.54) is 0 Å². The zero-order chi connectivity index (χ0) is 22.4. The summed E-state index contributed by atoms with van der Waals surface area (Å²) >= 11 is 17.0. The van der Waals surface area contributed by atoms with E-state index >= 15 is 0 Å². The van der Waals surface area contributed by atoms with Crippen LogP contribution in [0, 0.1) is 0 Å². The Labute approximate surface area is 187 Å². The second-order valence-corrected chi connectivity index (χ2v) is 22.7. The lowest BCUT2D eigenvalue weighted by Crippen LogP contribution is -2.40. The first-order valence-corrected chi connectivity index (χ1v) is 18.0. The second-order valence-electron chi connectivity index (χ2n) is 9.85. The summed E-state index contributed by atoms with van der Waals surface area (Å²) in [7, 11) is -2.88. The van der Waals surface area contributed by atoms with Crippen molar-refractivity contribution >= 4 is 50.0 Å². The predicted octanol–water partition coefficient (Wildman–Crippen LogP) is 8.26. The maximum absolute atomic E-state index is 8.14. The van der Waals surface area contributed by atoms with E-state index in [0.29, 0.717) is 16.0 Å². The average molecular weight is 482 g/mol. The second kappa shape index (κ2) is 16.0. The molecular formula is C20H47Cl3O2Si2. The Bertz CT molecular complexity index is 318. The van der Waals surface area contributed by atoms with Gasteiger partial charge in [0.1, 0.15) is 0 Å². The van der Waals surface area contributed by atoms with Crippen LogP contribution in [0.1, 0.15) is 67.2 Å². The van der Waals surface area contributed by atoms with Gasteiger partial charge in [0.15, 0.2) is 15.7 Å². The number of rotatable bonds is 8. The number of unbranched alkanes of at least 4 members (excludes halogenated alkanes) is 2. The number of aliphatic hydroxyl groups excluding tert-OH is 1. The van der Waals surface area contributed by atoms with E-state index < -0.39 is 15.7 Å². The molecule has 1 N–H and O–H groups in total. The molecule has 0 aliphatic carbocycles. The van der Waals surface area contributed by atoms with Crippen molar-refractivity contribution in [3.63, 3.8) is 0 Å². The third kappa shape index (κ3) is 20.3. The molecule has 0 heterocycles. The van der Waals surface area contributed by atoms with Crippen LogP contribution in [0.5, 0.6) is 0 Å². The SMILES string of the molecule is CC(C)(C)[Si](C)(C)Cl.CC(C)(C)[Si](C)(C)OCCCCCl.OCCCCCl. The molecule has 0 fully saturated rings. The summed E-state index contributed by atoms with van der Waals surface area (Å²) in [6, 6.07) is 0. The highest BCUT2D eigenvalue weighted by atomic mass is 35.6. The molecule has 0 saturated carbocycles. The highest BCUT2D eigenvalue weighted by Gasteiger charge is 2.36. The van der Waals surface area contributed by atoms with Crippen molar-refractivity contribution in [3.05, 3.63) is 0 Å². The van der Waals surface area contributed by atoms with Gasteiger partial charge in [0.2, 0.25) is 0 Å². The monoisotopic (exact) mass is 480 g/mol. The molecule has 27 heavy (non-hydrogen) atoms. The zero-order valence-electron chi connectivity index (χ0n) is 19.6. The molecule has 0 rings (SSSR count). The zero-order valence-corrected chi connectivity index (χ0v) is 23.9. The first-order valence-electron chi connectivity index (χ1n) is 10.0. The summed E-state index contributed by atoms with van der Waals surface area (Å²) in [5.74, 6) is 1.42. The molecular weight excluding hydrogens is 435 g/mol. The fourth-order valence-electron chi connectivity index (χ4n) is 0.947. The molecule has 0 aromatic rings. The Morgan fingerprint density at radius 3 is 1.33 bits per heavy atom. The fraction of sp³-hybridized carbons (Fsp3) is 1.00. The quantitative estimate of drug-likeness (QED) is 0.163. The molecule has 2 nitrogen and oxygen atoms in total. The lowest BCUT2D eigenvalue weighted by Gasteiger charge is -2.36. The first kappa shape index (κ1) is 32.9. The van der Waals surface area contributed by atoms with Crippen LogP contribution < -0.4 is 0 Å². The largest absolute Gasteiger partial charge is 0.417 e. The van der Waals surface area contributed by atoms with Gasteiger partial charge in [0, 0.05) is 25.0 Å². The number of hydrogen-bond donors (Lipinski definition) is 1. The van der Waals surface area contributed by atoms with E-state index in [2.05, 4.69) is 67.7 Å². The van der Waals surface area contributed by atoms with Gasteiger partial charge in [-0.1, -0.05) is 54.6 Å². The molecule has 0 aromatic heterocycles. The molecule has 0 atom stereocenters. The van der Waals surface area contributed by atoms with Crippen LogP contribution in [0.25, 0.3) is 0 Å². The van der Waals surface area contributed by atoms with E-state index in [4.69, 9.17) is 43.8 Å². The normalized spacial score (nSPS) is 12.7. The van der Waals surface area contributed by atoms with Gasteiger partial charge >= 0.3 is 0 Å². The van der Waals surface area contributed by atoms with Crippen molar-refractivity contribution in [1.29, 1.82) is 0 Å². The van der Waals surface area contributed by atoms with Crippen LogP contribution in [0.3, 0.4) is 0 Å². The standard InChI is InChI=1S/C10H23ClOSi.C6H15ClSi.C4H9ClO/c1-10(2,3)13(4,5)12-9-7-6-8-11;1-6(2,3)8(4,5)7;5-3-1-2-4-6/h6-9H2,1-5H3;1-5H3;6H,1-4H2. The van der Waals surface area contributed by atoms with E-state index in [0.717, 1.165) is 38.2 Å². The molecule has 0 saturated heterocycles. The molecule has 168 valence electrons. The van der Waals surface area contributed by atoms with Crippen LogP contribution in [-0.4, -0.2) is 45.8 Å². The van der Waals surface area contributed by atoms with Gasteiger partial charge in [-0.3, -0.25) is 0 Å². The van der Waals surface area contributed by atoms with E-state index in [9.17, 15) is 0 Å². The number of alkyl halides is 2. The average Bonchev–Trinajstić information content (AvgIpc) is 2.47. The van der Waals surface area contributed by atoms with Gasteiger partial charge in [-0.2, -0.15) is 11.1 Å². The predicted molar refractivity (Wildman–Crippen MR) is 133 cm³/mol. The molecule has 0 unspecified atom stereocenters. The van der Waals surface area contributed by atoms with Crippen LogP contribution >= 0.6 is 34.3 Å². The first-order chi connectivity index (χ1) is 12.0. The molecule has 0 aromatic carbocycles. The van der Waals surface area contributed by atoms with Crippen molar-refractivity contribution in [2.45, 2.75) is 103 Å². The summed E-state index contributed by atoms with van der Waals surface area (Å²) in [5, 5.41) is 8.81. The van der Waals surface area contributed by atoms with Gasteiger partial charge in [-0.15, -0.1) is 23.2 Å². The molecule has 0 amide bonds. The Hall–Kier alpha value is 1.22. The third-order valence-electron chi connectivity index (χ3n) is 5.12. The van der Waals surface area contributed by atoms with Crippen LogP contribution in [-0.2, 0) is 4.43 Å². The Morgan fingerprint density at radius 1 is 0.741 bits per heavy atom. The number of halogens is 3. The maximum Gasteiger partial charge on any atom is 0.191 e. The van der Waals surface area contributed by atoms with Crippen molar-refractivity contribution in [1.82, 2.24) is 0 Å². The lowest BCUT2D eigenvalue weighted by molar-refractivity contribution is 0.281. The van der Waals surface area contributed by atoms with E-state index in [1.54, 1.807) is 0 Å². The van der Waals surface area contributed by atoms with Gasteiger partial charge in [0.05, 0.1) is 0 Å². The third-order valence-corrected chi connectivity index (χ3v) is 15.5. The van der Waals surface area contributed by atoms with Crippen molar-refractivity contribution < 1.29 is 9.53 Å². The lowest BCUT2D eigenvalue weighted by atomic mass is 10.2. The molecule has 0 radical (unpaired) electrons. The Balaban J connectivity index is -0.000000351. The fourth-order valence-corrected chi connectivity index (χ4v) is 2.41. The molecule has 0 spiro atoms. The minimum absolute atomic E-state index is 0.271. The highest BCUT2D eigenvalue weighted by Crippen LogP contribution is 2.38.